The molecule has 0 aliphatic carbocycles. The number of piperidine rings is 1. The van der Waals surface area contributed by atoms with Crippen molar-refractivity contribution in [2.75, 3.05) is 31.6 Å². The summed E-state index contributed by atoms with van der Waals surface area (Å²) >= 11 is 0. The van der Waals surface area contributed by atoms with Crippen LogP contribution >= 0.6 is 0 Å². The van der Waals surface area contributed by atoms with Gasteiger partial charge in [0.05, 0.1) is 25.2 Å². The van der Waals surface area contributed by atoms with E-state index in [1.165, 1.54) is 0 Å². The van der Waals surface area contributed by atoms with Crippen LogP contribution in [0.15, 0.2) is 18.2 Å². The van der Waals surface area contributed by atoms with E-state index in [1.807, 2.05) is 11.8 Å². The second kappa shape index (κ2) is 7.74. The Labute approximate surface area is 146 Å². The van der Waals surface area contributed by atoms with E-state index in [-0.39, 0.29) is 5.91 Å². The summed E-state index contributed by atoms with van der Waals surface area (Å²) in [6.45, 7) is 4.16. The number of nitrogens with zero attached hydrogens (tertiary/aromatic N) is 1. The van der Waals surface area contributed by atoms with Crippen LogP contribution in [0.2, 0.25) is 0 Å². The largest absolute Gasteiger partial charge is 0.490 e. The maximum atomic E-state index is 12.6. The Morgan fingerprint density at radius 2 is 2.00 bits per heavy atom. The summed E-state index contributed by atoms with van der Waals surface area (Å²) in [4.78, 5) is 25.7. The molecule has 1 aromatic rings. The van der Waals surface area contributed by atoms with Crippen molar-refractivity contribution in [2.24, 2.45) is 5.92 Å². The van der Waals surface area contributed by atoms with Gasteiger partial charge in [0, 0.05) is 24.7 Å². The highest BCUT2D eigenvalue weighted by Gasteiger charge is 2.30. The molecular formula is C18H24N2O5. The summed E-state index contributed by atoms with van der Waals surface area (Å²) < 4.78 is 11.2. The Balaban J connectivity index is 1.63. The van der Waals surface area contributed by atoms with E-state index in [4.69, 9.17) is 9.47 Å². The molecule has 2 heterocycles. The topological polar surface area (TPSA) is 88.1 Å². The van der Waals surface area contributed by atoms with Gasteiger partial charge in [-0.3, -0.25) is 14.5 Å². The Kier molecular flexibility index (Phi) is 5.43. The molecule has 3 rings (SSSR count). The van der Waals surface area contributed by atoms with Crippen LogP contribution in [0.25, 0.3) is 0 Å². The molecule has 2 N–H and O–H groups in total. The molecule has 7 nitrogen and oxygen atoms in total. The van der Waals surface area contributed by atoms with Crippen molar-refractivity contribution in [2.45, 2.75) is 32.2 Å². The number of carboxylic acid groups (broad SMARTS) is 1. The predicted octanol–water partition coefficient (Wildman–Crippen LogP) is 1.97. The van der Waals surface area contributed by atoms with Crippen molar-refractivity contribution in [1.29, 1.82) is 0 Å². The van der Waals surface area contributed by atoms with Gasteiger partial charge in [0.1, 0.15) is 0 Å². The van der Waals surface area contributed by atoms with Crippen LogP contribution in [-0.4, -0.2) is 54.2 Å². The van der Waals surface area contributed by atoms with Crippen LogP contribution in [0.4, 0.5) is 5.69 Å². The van der Waals surface area contributed by atoms with Crippen LogP contribution in [0.5, 0.6) is 11.5 Å². The minimum atomic E-state index is -0.791. The first kappa shape index (κ1) is 17.5. The second-order valence-electron chi connectivity index (χ2n) is 6.55. The number of likely N-dealkylation sites (tertiary alicyclic amines) is 1. The summed E-state index contributed by atoms with van der Waals surface area (Å²) in [6, 6.07) is 4.95. The fraction of sp³-hybridized carbons (Fsp3) is 0.556. The Morgan fingerprint density at radius 3 is 2.76 bits per heavy atom. The second-order valence-corrected chi connectivity index (χ2v) is 6.55. The smallest absolute Gasteiger partial charge is 0.307 e. The van der Waals surface area contributed by atoms with Gasteiger partial charge < -0.3 is 19.9 Å². The molecule has 0 aromatic heterocycles. The van der Waals surface area contributed by atoms with Gasteiger partial charge in [0.25, 0.3) is 0 Å². The third-order valence-electron chi connectivity index (χ3n) is 4.74. The van der Waals surface area contributed by atoms with Crippen molar-refractivity contribution in [3.63, 3.8) is 0 Å². The van der Waals surface area contributed by atoms with Crippen molar-refractivity contribution in [3.8, 4) is 11.5 Å². The maximum absolute atomic E-state index is 12.6. The summed E-state index contributed by atoms with van der Waals surface area (Å²) in [5, 5.41) is 12.1. The number of hydrogen-bond acceptors (Lipinski definition) is 5. The lowest BCUT2D eigenvalue weighted by Crippen LogP contribution is -2.48. The molecule has 136 valence electrons. The van der Waals surface area contributed by atoms with E-state index in [9.17, 15) is 14.7 Å². The number of benzene rings is 1. The third kappa shape index (κ3) is 4.22. The average Bonchev–Trinajstić information content (AvgIpc) is 2.86. The zero-order valence-corrected chi connectivity index (χ0v) is 14.4. The minimum Gasteiger partial charge on any atom is -0.490 e. The van der Waals surface area contributed by atoms with E-state index < -0.39 is 17.9 Å². The van der Waals surface area contributed by atoms with Gasteiger partial charge in [-0.2, -0.15) is 0 Å². The number of nitrogens with one attached hydrogen (secondary N) is 1. The number of aliphatic carboxylic acids is 1. The van der Waals surface area contributed by atoms with E-state index in [2.05, 4.69) is 5.32 Å². The van der Waals surface area contributed by atoms with Gasteiger partial charge >= 0.3 is 5.97 Å². The first-order valence-corrected chi connectivity index (χ1v) is 8.72. The van der Waals surface area contributed by atoms with Gasteiger partial charge in [-0.15, -0.1) is 0 Å². The number of carboxylic acids is 1. The lowest BCUT2D eigenvalue weighted by molar-refractivity contribution is -0.144. The van der Waals surface area contributed by atoms with Crippen molar-refractivity contribution >= 4 is 17.6 Å². The molecule has 0 bridgehead atoms. The molecule has 2 aliphatic rings. The number of carbonyl (C=O) groups excluding carboxylic acids is 1. The molecule has 2 unspecified atom stereocenters. The van der Waals surface area contributed by atoms with Crippen LogP contribution in [0.1, 0.15) is 26.2 Å². The molecular weight excluding hydrogens is 324 g/mol. The molecule has 2 atom stereocenters. The molecule has 1 saturated heterocycles. The van der Waals surface area contributed by atoms with E-state index in [0.717, 1.165) is 19.4 Å². The Morgan fingerprint density at radius 1 is 1.24 bits per heavy atom. The summed E-state index contributed by atoms with van der Waals surface area (Å²) in [7, 11) is 0. The van der Waals surface area contributed by atoms with Crippen molar-refractivity contribution in [1.82, 2.24) is 4.90 Å². The number of ether oxygens (including phenoxy) is 2. The molecule has 1 fully saturated rings. The number of carbonyl (C=O) groups is 2. The molecule has 1 amide bonds. The monoisotopic (exact) mass is 348 g/mol. The zero-order chi connectivity index (χ0) is 17.8. The molecule has 2 aliphatic heterocycles. The fourth-order valence-corrected chi connectivity index (χ4v) is 3.21. The summed E-state index contributed by atoms with van der Waals surface area (Å²) in [5.74, 6) is -0.0291. The van der Waals surface area contributed by atoms with Crippen molar-refractivity contribution < 1.29 is 24.2 Å². The van der Waals surface area contributed by atoms with Crippen LogP contribution in [0, 0.1) is 5.92 Å². The van der Waals surface area contributed by atoms with Gasteiger partial charge in [0.2, 0.25) is 5.91 Å². The van der Waals surface area contributed by atoms with E-state index in [1.54, 1.807) is 18.2 Å². The van der Waals surface area contributed by atoms with Gasteiger partial charge in [-0.25, -0.2) is 0 Å². The predicted molar refractivity (Wildman–Crippen MR) is 92.1 cm³/mol. The summed E-state index contributed by atoms with van der Waals surface area (Å²) in [5.41, 5.74) is 0.646. The number of rotatable bonds is 4. The molecule has 0 radical (unpaired) electrons. The molecule has 7 heteroatoms. The Bertz CT molecular complexity index is 648. The molecule has 0 spiro atoms. The van der Waals surface area contributed by atoms with E-state index >= 15 is 0 Å². The average molecular weight is 348 g/mol. The first-order chi connectivity index (χ1) is 12.0. The lowest BCUT2D eigenvalue weighted by Gasteiger charge is -2.34. The molecule has 0 saturated carbocycles. The quantitative estimate of drug-likeness (QED) is 0.865. The van der Waals surface area contributed by atoms with Crippen LogP contribution in [-0.2, 0) is 9.59 Å². The standard InChI is InChI=1S/C18H24N2O5/c1-12(20-7-2-4-13(11-20)18(22)23)17(21)19-14-5-6-15-16(10-14)25-9-3-8-24-15/h5-6,10,12-13H,2-4,7-9,11H2,1H3,(H,19,21)(H,22,23). The van der Waals surface area contributed by atoms with Crippen LogP contribution in [0.3, 0.4) is 0 Å². The molecule has 25 heavy (non-hydrogen) atoms. The normalized spacial score (nSPS) is 21.9. The highest BCUT2D eigenvalue weighted by molar-refractivity contribution is 5.94. The Hall–Kier alpha value is -2.28. The lowest BCUT2D eigenvalue weighted by atomic mass is 9.97. The van der Waals surface area contributed by atoms with E-state index in [0.29, 0.717) is 43.4 Å². The number of fused-ring (bicyclic) bond motifs is 1. The fourth-order valence-electron chi connectivity index (χ4n) is 3.21. The zero-order valence-electron chi connectivity index (χ0n) is 14.4. The van der Waals surface area contributed by atoms with Crippen molar-refractivity contribution in [3.05, 3.63) is 18.2 Å². The SMILES string of the molecule is CC(C(=O)Nc1ccc2c(c1)OCCCO2)N1CCCC(C(=O)O)C1. The minimum absolute atomic E-state index is 0.152. The first-order valence-electron chi connectivity index (χ1n) is 8.72. The van der Waals surface area contributed by atoms with Crippen LogP contribution < -0.4 is 14.8 Å². The molecule has 1 aromatic carbocycles. The number of hydrogen-bond donors (Lipinski definition) is 2. The van der Waals surface area contributed by atoms with Gasteiger partial charge in [-0.1, -0.05) is 0 Å². The summed E-state index contributed by atoms with van der Waals surface area (Å²) in [6.07, 6.45) is 2.29. The van der Waals surface area contributed by atoms with Gasteiger partial charge in [0.15, 0.2) is 11.5 Å². The number of amides is 1. The van der Waals surface area contributed by atoms with Gasteiger partial charge in [-0.05, 0) is 38.4 Å². The number of anilines is 1. The maximum Gasteiger partial charge on any atom is 0.307 e. The highest BCUT2D eigenvalue weighted by Crippen LogP contribution is 2.32. The highest BCUT2D eigenvalue weighted by atomic mass is 16.5. The third-order valence-corrected chi connectivity index (χ3v) is 4.74.